The second-order valence-electron chi connectivity index (χ2n) is 12.7. The first-order valence-electron chi connectivity index (χ1n) is 17.5. The molecule has 2 aromatic carbocycles. The summed E-state index contributed by atoms with van der Waals surface area (Å²) in [6, 6.07) is 22.4. The van der Waals surface area contributed by atoms with Crippen LogP contribution in [0.15, 0.2) is 77.6 Å². The third-order valence-corrected chi connectivity index (χ3v) is 9.57. The standard InChI is InChI=1S/C37H42N8O6/c1-2-27-20-29(51-43-27)31-32(48-23-46)33(49-24-47)36(50-31)45-22-40-30-34(41-37(42-35(30)45)38-16-19-44-17-10-5-11-18-44)39-21-28(25-12-6-3-7-13-25)26-14-8-4-9-15-26/h3-4,6-9,12-15,20,22-24,28,31-33,36H,2,5,10-11,16-19,21H2,1H3,(H2,38,39,41,42)/t31-,32+,33-,36-/m1/s1. The molecule has 2 aliphatic rings. The van der Waals surface area contributed by atoms with E-state index in [1.807, 2.05) is 43.3 Å². The van der Waals surface area contributed by atoms with Crippen molar-refractivity contribution < 1.29 is 28.3 Å². The SMILES string of the molecule is CCc1cc([C@H]2O[C@@H](n3cnc4c(NCC(c5ccccc5)c5ccccc5)nc(NCCN5CCCCC5)nc43)[C@H](OC=O)[C@H]2OC=O)on1. The first-order chi connectivity index (χ1) is 25.2. The number of nitrogens with one attached hydrogen (secondary N) is 2. The van der Waals surface area contributed by atoms with Crippen molar-refractivity contribution in [3.63, 3.8) is 0 Å². The lowest BCUT2D eigenvalue weighted by Gasteiger charge is -2.26. The van der Waals surface area contributed by atoms with Crippen molar-refractivity contribution in [1.82, 2.24) is 29.6 Å². The number of rotatable bonds is 16. The van der Waals surface area contributed by atoms with E-state index < -0.39 is 24.5 Å². The van der Waals surface area contributed by atoms with Crippen LogP contribution in [0, 0.1) is 0 Å². The molecule has 2 aliphatic heterocycles. The van der Waals surface area contributed by atoms with Crippen LogP contribution < -0.4 is 10.6 Å². The minimum absolute atomic E-state index is 0.0236. The predicted molar refractivity (Wildman–Crippen MR) is 188 cm³/mol. The fourth-order valence-corrected chi connectivity index (χ4v) is 6.95. The summed E-state index contributed by atoms with van der Waals surface area (Å²) in [6.45, 7) is 6.75. The lowest BCUT2D eigenvalue weighted by Crippen LogP contribution is -2.34. The Morgan fingerprint density at radius 3 is 2.29 bits per heavy atom. The average Bonchev–Trinajstić information content (AvgIpc) is 3.91. The molecule has 0 saturated carbocycles. The maximum absolute atomic E-state index is 11.8. The van der Waals surface area contributed by atoms with Gasteiger partial charge in [-0.05, 0) is 43.5 Å². The molecule has 266 valence electrons. The number of piperidine rings is 1. The molecule has 0 unspecified atom stereocenters. The first kappa shape index (κ1) is 34.1. The van der Waals surface area contributed by atoms with Gasteiger partial charge in [-0.2, -0.15) is 9.97 Å². The molecule has 0 bridgehead atoms. The monoisotopic (exact) mass is 694 g/mol. The Bertz CT molecular complexity index is 1840. The molecule has 2 fully saturated rings. The second kappa shape index (κ2) is 16.1. The molecule has 3 aromatic heterocycles. The van der Waals surface area contributed by atoms with Gasteiger partial charge in [-0.1, -0.05) is 79.2 Å². The van der Waals surface area contributed by atoms with Gasteiger partial charge in [0.25, 0.3) is 12.9 Å². The molecule has 14 heteroatoms. The van der Waals surface area contributed by atoms with E-state index in [1.54, 1.807) is 17.0 Å². The van der Waals surface area contributed by atoms with Crippen LogP contribution in [0.1, 0.15) is 67.0 Å². The van der Waals surface area contributed by atoms with E-state index in [4.69, 9.17) is 33.7 Å². The molecule has 7 rings (SSSR count). The van der Waals surface area contributed by atoms with Gasteiger partial charge in [-0.15, -0.1) is 0 Å². The summed E-state index contributed by atoms with van der Waals surface area (Å²) in [4.78, 5) is 40.4. The zero-order valence-electron chi connectivity index (χ0n) is 28.5. The van der Waals surface area contributed by atoms with Gasteiger partial charge < -0.3 is 34.3 Å². The van der Waals surface area contributed by atoms with Gasteiger partial charge in [0.2, 0.25) is 5.95 Å². The maximum Gasteiger partial charge on any atom is 0.293 e. The summed E-state index contributed by atoms with van der Waals surface area (Å²) < 4.78 is 24.7. The number of carbonyl (C=O) groups is 2. The molecule has 4 atom stereocenters. The number of hydrogen-bond acceptors (Lipinski definition) is 13. The van der Waals surface area contributed by atoms with E-state index in [0.29, 0.717) is 66.8 Å². The van der Waals surface area contributed by atoms with Crippen molar-refractivity contribution in [3.8, 4) is 0 Å². The fraction of sp³-hybridized carbons (Fsp3) is 0.405. The van der Waals surface area contributed by atoms with Crippen molar-refractivity contribution in [2.24, 2.45) is 0 Å². The van der Waals surface area contributed by atoms with Crippen molar-refractivity contribution in [3.05, 3.63) is 95.6 Å². The van der Waals surface area contributed by atoms with Crippen LogP contribution in [0.2, 0.25) is 0 Å². The van der Waals surface area contributed by atoms with E-state index >= 15 is 0 Å². The Balaban J connectivity index is 1.24. The fourth-order valence-electron chi connectivity index (χ4n) is 6.95. The van der Waals surface area contributed by atoms with Crippen LogP contribution in [-0.4, -0.2) is 87.5 Å². The largest absolute Gasteiger partial charge is 0.457 e. The van der Waals surface area contributed by atoms with Gasteiger partial charge in [0.05, 0.1) is 12.0 Å². The molecule has 0 spiro atoms. The number of aryl methyl sites for hydroxylation is 1. The van der Waals surface area contributed by atoms with Gasteiger partial charge in [0.1, 0.15) is 0 Å². The molecular formula is C37H42N8O6. The van der Waals surface area contributed by atoms with Crippen molar-refractivity contribution in [1.29, 1.82) is 0 Å². The third-order valence-electron chi connectivity index (χ3n) is 9.57. The van der Waals surface area contributed by atoms with Crippen LogP contribution in [0.4, 0.5) is 11.8 Å². The van der Waals surface area contributed by atoms with E-state index in [0.717, 1.165) is 30.8 Å². The molecule has 51 heavy (non-hydrogen) atoms. The highest BCUT2D eigenvalue weighted by atomic mass is 16.6. The van der Waals surface area contributed by atoms with E-state index in [9.17, 15) is 9.59 Å². The number of aromatic nitrogens is 5. The molecule has 0 radical (unpaired) electrons. The summed E-state index contributed by atoms with van der Waals surface area (Å²) in [5, 5.41) is 11.1. The van der Waals surface area contributed by atoms with Crippen molar-refractivity contribution in [2.45, 2.75) is 63.1 Å². The van der Waals surface area contributed by atoms with Crippen LogP contribution in [0.3, 0.4) is 0 Å². The number of imidazole rings is 1. The average molecular weight is 695 g/mol. The highest BCUT2D eigenvalue weighted by Crippen LogP contribution is 2.43. The molecule has 2 saturated heterocycles. The number of hydrogen-bond donors (Lipinski definition) is 2. The zero-order chi connectivity index (χ0) is 35.0. The van der Waals surface area contributed by atoms with E-state index in [-0.39, 0.29) is 5.92 Å². The molecule has 14 nitrogen and oxygen atoms in total. The molecule has 5 aromatic rings. The van der Waals surface area contributed by atoms with Crippen LogP contribution >= 0.6 is 0 Å². The Hall–Kier alpha value is -5.34. The number of carbonyl (C=O) groups excluding carboxylic acids is 2. The highest BCUT2D eigenvalue weighted by molar-refractivity contribution is 5.84. The van der Waals surface area contributed by atoms with Crippen LogP contribution in [0.5, 0.6) is 0 Å². The second-order valence-corrected chi connectivity index (χ2v) is 12.7. The number of nitrogens with zero attached hydrogens (tertiary/aromatic N) is 6. The first-order valence-corrected chi connectivity index (χ1v) is 17.5. The predicted octanol–water partition coefficient (Wildman–Crippen LogP) is 4.87. The number of fused-ring (bicyclic) bond motifs is 1. The number of anilines is 2. The molecule has 2 N–H and O–H groups in total. The Kier molecular flexibility index (Phi) is 10.8. The molecule has 5 heterocycles. The minimum Gasteiger partial charge on any atom is -0.457 e. The Morgan fingerprint density at radius 2 is 1.63 bits per heavy atom. The van der Waals surface area contributed by atoms with Gasteiger partial charge in [0, 0.05) is 31.6 Å². The highest BCUT2D eigenvalue weighted by Gasteiger charge is 2.51. The quantitative estimate of drug-likeness (QED) is 0.135. The van der Waals surface area contributed by atoms with Gasteiger partial charge in [-0.3, -0.25) is 14.2 Å². The summed E-state index contributed by atoms with van der Waals surface area (Å²) in [5.74, 6) is 1.30. The van der Waals surface area contributed by atoms with E-state index in [1.165, 1.54) is 19.3 Å². The van der Waals surface area contributed by atoms with Gasteiger partial charge >= 0.3 is 0 Å². The summed E-state index contributed by atoms with van der Waals surface area (Å²) >= 11 is 0. The summed E-state index contributed by atoms with van der Waals surface area (Å²) in [6.07, 6.45) is 1.92. The molecule has 0 amide bonds. The molecular weight excluding hydrogens is 652 g/mol. The van der Waals surface area contributed by atoms with Crippen molar-refractivity contribution >= 4 is 35.9 Å². The third kappa shape index (κ3) is 7.56. The lowest BCUT2D eigenvalue weighted by atomic mass is 9.91. The smallest absolute Gasteiger partial charge is 0.293 e. The normalized spacial score (nSPS) is 20.7. The topological polar surface area (TPSA) is 159 Å². The summed E-state index contributed by atoms with van der Waals surface area (Å²) in [5.41, 5.74) is 3.95. The Morgan fingerprint density at radius 1 is 0.922 bits per heavy atom. The number of likely N-dealkylation sites (tertiary alicyclic amines) is 1. The Labute approximate surface area is 295 Å². The van der Waals surface area contributed by atoms with Crippen LogP contribution in [-0.2, 0) is 30.2 Å². The molecule has 0 aliphatic carbocycles. The van der Waals surface area contributed by atoms with Gasteiger partial charge in [-0.25, -0.2) is 4.98 Å². The number of ether oxygens (including phenoxy) is 3. The minimum atomic E-state index is -1.05. The zero-order valence-corrected chi connectivity index (χ0v) is 28.5. The lowest BCUT2D eigenvalue weighted by molar-refractivity contribution is -0.151. The van der Waals surface area contributed by atoms with Gasteiger partial charge in [0.15, 0.2) is 47.3 Å². The van der Waals surface area contributed by atoms with Crippen LogP contribution in [0.25, 0.3) is 11.2 Å². The maximum atomic E-state index is 11.8. The van der Waals surface area contributed by atoms with E-state index in [2.05, 4.69) is 45.0 Å². The van der Waals surface area contributed by atoms with Crippen molar-refractivity contribution in [2.75, 3.05) is 43.4 Å². The number of benzene rings is 2. The summed E-state index contributed by atoms with van der Waals surface area (Å²) in [7, 11) is 0.